The summed E-state index contributed by atoms with van der Waals surface area (Å²) in [6.07, 6.45) is 3.45. The van der Waals surface area contributed by atoms with E-state index >= 15 is 0 Å². The highest BCUT2D eigenvalue weighted by Crippen LogP contribution is 2.23. The van der Waals surface area contributed by atoms with Gasteiger partial charge in [-0.25, -0.2) is 9.97 Å². The van der Waals surface area contributed by atoms with Crippen LogP contribution in [0.2, 0.25) is 0 Å². The van der Waals surface area contributed by atoms with Crippen LogP contribution >= 0.6 is 0 Å². The first-order valence-corrected chi connectivity index (χ1v) is 8.09. The molecule has 23 heavy (non-hydrogen) atoms. The van der Waals surface area contributed by atoms with Gasteiger partial charge in [-0.1, -0.05) is 30.3 Å². The van der Waals surface area contributed by atoms with Crippen molar-refractivity contribution in [2.75, 3.05) is 13.1 Å². The van der Waals surface area contributed by atoms with Gasteiger partial charge in [-0.05, 0) is 18.9 Å². The lowest BCUT2D eigenvalue weighted by molar-refractivity contribution is 0.0789. The summed E-state index contributed by atoms with van der Waals surface area (Å²) in [6.45, 7) is 2.62. The lowest BCUT2D eigenvalue weighted by Crippen LogP contribution is -2.35. The number of aliphatic hydroxyl groups is 1. The maximum Gasteiger partial charge on any atom is 0.161 e. The highest BCUT2D eigenvalue weighted by molar-refractivity contribution is 5.80. The van der Waals surface area contributed by atoms with Gasteiger partial charge < -0.3 is 10.1 Å². The molecule has 118 valence electrons. The Balaban J connectivity index is 1.69. The fourth-order valence-corrected chi connectivity index (χ4v) is 3.13. The van der Waals surface area contributed by atoms with Gasteiger partial charge in [0.1, 0.15) is 5.65 Å². The number of hydrogen-bond donors (Lipinski definition) is 2. The van der Waals surface area contributed by atoms with Crippen LogP contribution in [0.3, 0.4) is 0 Å². The number of likely N-dealkylation sites (tertiary alicyclic amines) is 1. The molecular formula is C18H20N4O. The summed E-state index contributed by atoms with van der Waals surface area (Å²) in [6, 6.07) is 12.1. The Hall–Kier alpha value is -2.24. The molecule has 5 heteroatoms. The van der Waals surface area contributed by atoms with E-state index in [1.807, 2.05) is 42.6 Å². The number of aromatic nitrogens is 3. The van der Waals surface area contributed by atoms with Crippen LogP contribution in [0.15, 0.2) is 42.6 Å². The second kappa shape index (κ2) is 6.10. The molecule has 0 radical (unpaired) electrons. The maximum absolute atomic E-state index is 9.67. The molecule has 2 N–H and O–H groups in total. The van der Waals surface area contributed by atoms with Gasteiger partial charge in [-0.3, -0.25) is 4.90 Å². The quantitative estimate of drug-likeness (QED) is 0.780. The number of benzene rings is 1. The summed E-state index contributed by atoms with van der Waals surface area (Å²) >= 11 is 0. The molecule has 1 aliphatic rings. The van der Waals surface area contributed by atoms with Gasteiger partial charge in [0.05, 0.1) is 11.8 Å². The Morgan fingerprint density at radius 3 is 2.65 bits per heavy atom. The highest BCUT2D eigenvalue weighted by atomic mass is 16.3. The van der Waals surface area contributed by atoms with E-state index in [1.165, 1.54) is 0 Å². The second-order valence-electron chi connectivity index (χ2n) is 6.11. The minimum atomic E-state index is -0.149. The Bertz CT molecular complexity index is 791. The lowest BCUT2D eigenvalue weighted by atomic mass is 10.1. The molecule has 0 unspecified atom stereocenters. The number of nitrogens with one attached hydrogen (secondary N) is 1. The first-order chi connectivity index (χ1) is 11.3. The summed E-state index contributed by atoms with van der Waals surface area (Å²) in [5.41, 5.74) is 2.96. The van der Waals surface area contributed by atoms with E-state index in [1.54, 1.807) is 0 Å². The third kappa shape index (κ3) is 2.98. The van der Waals surface area contributed by atoms with Crippen molar-refractivity contribution in [2.45, 2.75) is 25.5 Å². The van der Waals surface area contributed by atoms with Crippen molar-refractivity contribution in [3.05, 3.63) is 48.3 Å². The molecule has 4 rings (SSSR count). The van der Waals surface area contributed by atoms with Crippen LogP contribution in [0.5, 0.6) is 0 Å². The monoisotopic (exact) mass is 308 g/mol. The van der Waals surface area contributed by atoms with Gasteiger partial charge in [0.15, 0.2) is 5.82 Å². The number of aromatic amines is 1. The molecule has 5 nitrogen and oxygen atoms in total. The number of piperidine rings is 1. The predicted octanol–water partition coefficient (Wildman–Crippen LogP) is 2.58. The summed E-state index contributed by atoms with van der Waals surface area (Å²) < 4.78 is 0. The maximum atomic E-state index is 9.67. The molecule has 0 atom stereocenters. The molecule has 1 saturated heterocycles. The third-order valence-corrected chi connectivity index (χ3v) is 4.46. The molecule has 3 aromatic rings. The van der Waals surface area contributed by atoms with Crippen LogP contribution in [0.4, 0.5) is 0 Å². The Labute approximate surface area is 135 Å². The Morgan fingerprint density at radius 1 is 1.09 bits per heavy atom. The van der Waals surface area contributed by atoms with Gasteiger partial charge >= 0.3 is 0 Å². The van der Waals surface area contributed by atoms with E-state index in [0.717, 1.165) is 60.6 Å². The summed E-state index contributed by atoms with van der Waals surface area (Å²) in [7, 11) is 0. The van der Waals surface area contributed by atoms with Crippen molar-refractivity contribution < 1.29 is 5.11 Å². The van der Waals surface area contributed by atoms with Crippen molar-refractivity contribution in [3.63, 3.8) is 0 Å². The molecule has 1 fully saturated rings. The zero-order valence-corrected chi connectivity index (χ0v) is 12.9. The van der Waals surface area contributed by atoms with Gasteiger partial charge in [0.2, 0.25) is 0 Å². The van der Waals surface area contributed by atoms with E-state index in [9.17, 15) is 5.11 Å². The van der Waals surface area contributed by atoms with Gasteiger partial charge in [-0.2, -0.15) is 0 Å². The van der Waals surface area contributed by atoms with Crippen LogP contribution in [0, 0.1) is 0 Å². The van der Waals surface area contributed by atoms with Gasteiger partial charge in [0.25, 0.3) is 0 Å². The number of fused-ring (bicyclic) bond motifs is 1. The fraction of sp³-hybridized carbons (Fsp3) is 0.333. The van der Waals surface area contributed by atoms with E-state index in [2.05, 4.69) is 14.9 Å². The van der Waals surface area contributed by atoms with E-state index in [4.69, 9.17) is 4.98 Å². The standard InChI is InChI=1S/C18H20N4O/c23-14-7-10-22(11-8-14)12-16-15-6-9-19-18(15)21-17(20-16)13-4-2-1-3-5-13/h1-6,9,14,23H,7-8,10-12H2,(H,19,20,21). The Morgan fingerprint density at radius 2 is 1.87 bits per heavy atom. The highest BCUT2D eigenvalue weighted by Gasteiger charge is 2.19. The number of rotatable bonds is 3. The SMILES string of the molecule is OC1CCN(Cc2nc(-c3ccccc3)nc3[nH]ccc23)CC1. The minimum absolute atomic E-state index is 0.149. The van der Waals surface area contributed by atoms with E-state index < -0.39 is 0 Å². The van der Waals surface area contributed by atoms with E-state index in [-0.39, 0.29) is 6.10 Å². The average Bonchev–Trinajstić information content (AvgIpc) is 3.06. The third-order valence-electron chi connectivity index (χ3n) is 4.46. The van der Waals surface area contributed by atoms with Crippen LogP contribution in [-0.2, 0) is 6.54 Å². The lowest BCUT2D eigenvalue weighted by Gasteiger charge is -2.29. The zero-order valence-electron chi connectivity index (χ0n) is 12.9. The molecule has 0 amide bonds. The normalized spacial score (nSPS) is 16.9. The van der Waals surface area contributed by atoms with Crippen molar-refractivity contribution in [2.24, 2.45) is 0 Å². The first-order valence-electron chi connectivity index (χ1n) is 8.09. The molecular weight excluding hydrogens is 288 g/mol. The van der Waals surface area contributed by atoms with Crippen molar-refractivity contribution in [3.8, 4) is 11.4 Å². The molecule has 0 spiro atoms. The molecule has 2 aromatic heterocycles. The fourth-order valence-electron chi connectivity index (χ4n) is 3.13. The molecule has 0 saturated carbocycles. The molecule has 0 aliphatic carbocycles. The van der Waals surface area contributed by atoms with Crippen molar-refractivity contribution in [1.82, 2.24) is 19.9 Å². The van der Waals surface area contributed by atoms with Crippen molar-refractivity contribution in [1.29, 1.82) is 0 Å². The van der Waals surface area contributed by atoms with Gasteiger partial charge in [-0.15, -0.1) is 0 Å². The first kappa shape index (κ1) is 14.4. The number of hydrogen-bond acceptors (Lipinski definition) is 4. The molecule has 1 aliphatic heterocycles. The van der Waals surface area contributed by atoms with Crippen molar-refractivity contribution >= 4 is 11.0 Å². The predicted molar refractivity (Wildman–Crippen MR) is 89.8 cm³/mol. The molecule has 1 aromatic carbocycles. The summed E-state index contributed by atoms with van der Waals surface area (Å²) in [5, 5.41) is 10.7. The number of nitrogens with zero attached hydrogens (tertiary/aromatic N) is 3. The van der Waals surface area contributed by atoms with Crippen LogP contribution < -0.4 is 0 Å². The minimum Gasteiger partial charge on any atom is -0.393 e. The van der Waals surface area contributed by atoms with E-state index in [0.29, 0.717) is 0 Å². The van der Waals surface area contributed by atoms with Crippen LogP contribution in [-0.4, -0.2) is 44.2 Å². The average molecular weight is 308 g/mol. The largest absolute Gasteiger partial charge is 0.393 e. The second-order valence-corrected chi connectivity index (χ2v) is 6.11. The van der Waals surface area contributed by atoms with Crippen LogP contribution in [0.25, 0.3) is 22.4 Å². The smallest absolute Gasteiger partial charge is 0.161 e. The number of H-pyrrole nitrogens is 1. The van der Waals surface area contributed by atoms with Gasteiger partial charge in [0, 0.05) is 36.8 Å². The summed E-state index contributed by atoms with van der Waals surface area (Å²) in [4.78, 5) is 15.0. The number of aliphatic hydroxyl groups excluding tert-OH is 1. The molecule has 0 bridgehead atoms. The Kier molecular flexibility index (Phi) is 3.81. The molecule has 3 heterocycles. The van der Waals surface area contributed by atoms with Crippen LogP contribution in [0.1, 0.15) is 18.5 Å². The summed E-state index contributed by atoms with van der Waals surface area (Å²) in [5.74, 6) is 0.757. The topological polar surface area (TPSA) is 65.0 Å². The zero-order chi connectivity index (χ0) is 15.6.